The topological polar surface area (TPSA) is 41.7 Å². The van der Waals surface area contributed by atoms with Gasteiger partial charge in [-0.2, -0.15) is 0 Å². The number of nitrogens with zero attached hydrogens (tertiary/aromatic N) is 2. The normalized spacial score (nSPS) is 40.4. The Balaban J connectivity index is 1.55. The van der Waals surface area contributed by atoms with Crippen molar-refractivity contribution in [3.8, 4) is 0 Å². The minimum absolute atomic E-state index is 0.0726. The zero-order chi connectivity index (χ0) is 11.7. The summed E-state index contributed by atoms with van der Waals surface area (Å²) in [6.45, 7) is 7.58. The minimum atomic E-state index is -0.0726. The molecule has 4 heteroatoms. The minimum Gasteiger partial charge on any atom is -0.379 e. The van der Waals surface area contributed by atoms with Gasteiger partial charge in [0.05, 0.1) is 12.1 Å². The maximum absolute atomic E-state index is 6.38. The van der Waals surface area contributed by atoms with E-state index in [4.69, 9.17) is 10.5 Å². The molecular weight excluding hydrogens is 214 g/mol. The third-order valence-electron chi connectivity index (χ3n) is 4.59. The van der Waals surface area contributed by atoms with Crippen molar-refractivity contribution in [2.24, 2.45) is 5.73 Å². The summed E-state index contributed by atoms with van der Waals surface area (Å²) in [4.78, 5) is 5.25. The maximum Gasteiger partial charge on any atom is 0.0659 e. The molecule has 0 aromatic heterocycles. The first-order valence-corrected chi connectivity index (χ1v) is 7.08. The Labute approximate surface area is 104 Å². The first-order valence-electron chi connectivity index (χ1n) is 7.08. The van der Waals surface area contributed by atoms with Crippen molar-refractivity contribution in [1.29, 1.82) is 0 Å². The highest BCUT2D eigenvalue weighted by molar-refractivity contribution is 4.94. The van der Waals surface area contributed by atoms with Crippen LogP contribution in [0, 0.1) is 0 Å². The second kappa shape index (κ2) is 4.84. The van der Waals surface area contributed by atoms with Gasteiger partial charge in [-0.05, 0) is 25.8 Å². The monoisotopic (exact) mass is 239 g/mol. The number of ether oxygens (including phenoxy) is 1. The fourth-order valence-electron chi connectivity index (χ4n) is 3.56. The Morgan fingerprint density at radius 1 is 1.24 bits per heavy atom. The van der Waals surface area contributed by atoms with Crippen LogP contribution in [-0.2, 0) is 4.74 Å². The first kappa shape index (κ1) is 11.9. The molecule has 0 bridgehead atoms. The van der Waals surface area contributed by atoms with E-state index in [9.17, 15) is 0 Å². The fourth-order valence-corrected chi connectivity index (χ4v) is 3.56. The van der Waals surface area contributed by atoms with Gasteiger partial charge in [0.1, 0.15) is 0 Å². The highest BCUT2D eigenvalue weighted by Crippen LogP contribution is 2.23. The number of piperazine rings is 1. The van der Waals surface area contributed by atoms with Gasteiger partial charge in [0.2, 0.25) is 0 Å². The Hall–Kier alpha value is -0.160. The lowest BCUT2D eigenvalue weighted by Crippen LogP contribution is -2.59. The molecule has 0 amide bonds. The van der Waals surface area contributed by atoms with Crippen LogP contribution in [-0.4, -0.2) is 67.3 Å². The molecule has 0 spiro atoms. The van der Waals surface area contributed by atoms with Crippen LogP contribution in [0.15, 0.2) is 0 Å². The van der Waals surface area contributed by atoms with Gasteiger partial charge >= 0.3 is 0 Å². The van der Waals surface area contributed by atoms with E-state index in [1.54, 1.807) is 0 Å². The van der Waals surface area contributed by atoms with Crippen LogP contribution >= 0.6 is 0 Å². The molecule has 4 nitrogen and oxygen atoms in total. The largest absolute Gasteiger partial charge is 0.379 e. The molecular formula is C13H25N3O. The Kier molecular flexibility index (Phi) is 3.39. The van der Waals surface area contributed by atoms with Gasteiger partial charge < -0.3 is 10.5 Å². The van der Waals surface area contributed by atoms with Gasteiger partial charge in [0.15, 0.2) is 0 Å². The van der Waals surface area contributed by atoms with E-state index in [2.05, 4.69) is 9.80 Å². The number of hydrogen-bond donors (Lipinski definition) is 1. The molecule has 98 valence electrons. The Bertz CT molecular complexity index is 265. The van der Waals surface area contributed by atoms with Gasteiger partial charge in [0, 0.05) is 38.8 Å². The molecule has 3 fully saturated rings. The summed E-state index contributed by atoms with van der Waals surface area (Å²) in [6, 6.07) is 0.795. The van der Waals surface area contributed by atoms with Crippen molar-refractivity contribution in [3.63, 3.8) is 0 Å². The highest BCUT2D eigenvalue weighted by Gasteiger charge is 2.36. The van der Waals surface area contributed by atoms with E-state index >= 15 is 0 Å². The quantitative estimate of drug-likeness (QED) is 0.751. The Morgan fingerprint density at radius 2 is 2.18 bits per heavy atom. The maximum atomic E-state index is 6.38. The lowest BCUT2D eigenvalue weighted by atomic mass is 9.96. The van der Waals surface area contributed by atoms with Crippen molar-refractivity contribution in [2.75, 3.05) is 45.9 Å². The van der Waals surface area contributed by atoms with Crippen molar-refractivity contribution >= 4 is 0 Å². The summed E-state index contributed by atoms with van der Waals surface area (Å²) in [5.74, 6) is 0. The number of rotatable bonds is 2. The van der Waals surface area contributed by atoms with Crippen LogP contribution in [0.4, 0.5) is 0 Å². The third-order valence-corrected chi connectivity index (χ3v) is 4.59. The molecule has 3 heterocycles. The van der Waals surface area contributed by atoms with Gasteiger partial charge in [-0.25, -0.2) is 0 Å². The molecule has 0 aromatic rings. The summed E-state index contributed by atoms with van der Waals surface area (Å²) in [5.41, 5.74) is 6.31. The van der Waals surface area contributed by atoms with Gasteiger partial charge in [-0.1, -0.05) is 6.42 Å². The molecule has 0 radical (unpaired) electrons. The molecule has 3 aliphatic rings. The van der Waals surface area contributed by atoms with E-state index < -0.39 is 0 Å². The number of nitrogens with two attached hydrogens (primary N) is 1. The van der Waals surface area contributed by atoms with Crippen molar-refractivity contribution in [2.45, 2.75) is 37.3 Å². The number of hydrogen-bond acceptors (Lipinski definition) is 4. The van der Waals surface area contributed by atoms with Crippen molar-refractivity contribution < 1.29 is 4.74 Å². The second-order valence-electron chi connectivity index (χ2n) is 6.09. The van der Waals surface area contributed by atoms with E-state index in [1.807, 2.05) is 0 Å². The molecule has 0 aliphatic carbocycles. The lowest BCUT2D eigenvalue weighted by molar-refractivity contribution is 0.0366. The van der Waals surface area contributed by atoms with Crippen LogP contribution in [0.5, 0.6) is 0 Å². The summed E-state index contributed by atoms with van der Waals surface area (Å²) >= 11 is 0. The molecule has 0 aromatic carbocycles. The molecule has 0 saturated carbocycles. The first-order chi connectivity index (χ1) is 8.25. The molecule has 3 saturated heterocycles. The molecule has 3 rings (SSSR count). The highest BCUT2D eigenvalue weighted by atomic mass is 16.5. The zero-order valence-electron chi connectivity index (χ0n) is 10.7. The molecule has 2 atom stereocenters. The predicted octanol–water partition coefficient (Wildman–Crippen LogP) is 0.274. The Morgan fingerprint density at radius 3 is 3.00 bits per heavy atom. The van der Waals surface area contributed by atoms with Crippen LogP contribution in [0.3, 0.4) is 0 Å². The van der Waals surface area contributed by atoms with Crippen molar-refractivity contribution in [3.05, 3.63) is 0 Å². The molecule has 17 heavy (non-hydrogen) atoms. The summed E-state index contributed by atoms with van der Waals surface area (Å²) < 4.78 is 5.45. The summed E-state index contributed by atoms with van der Waals surface area (Å²) in [5, 5.41) is 0. The van der Waals surface area contributed by atoms with E-state index in [-0.39, 0.29) is 5.54 Å². The lowest BCUT2D eigenvalue weighted by Gasteiger charge is -2.45. The SMILES string of the molecule is NC1(CN2CCN3CCCCC3C2)CCOC1. The average Bonchev–Trinajstić information content (AvgIpc) is 2.76. The standard InChI is InChI=1S/C13H25N3O/c14-13(4-8-17-11-13)10-15-6-7-16-5-2-1-3-12(16)9-15/h12H,1-11,14H2. The van der Waals surface area contributed by atoms with E-state index in [0.717, 1.165) is 32.2 Å². The third kappa shape index (κ3) is 2.65. The van der Waals surface area contributed by atoms with Gasteiger partial charge in [-0.3, -0.25) is 9.80 Å². The predicted molar refractivity (Wildman–Crippen MR) is 68.0 cm³/mol. The number of fused-ring (bicyclic) bond motifs is 1. The second-order valence-corrected chi connectivity index (χ2v) is 6.09. The van der Waals surface area contributed by atoms with Crippen LogP contribution in [0.1, 0.15) is 25.7 Å². The molecule has 2 N–H and O–H groups in total. The van der Waals surface area contributed by atoms with Gasteiger partial charge in [0.25, 0.3) is 0 Å². The van der Waals surface area contributed by atoms with E-state index in [0.29, 0.717) is 0 Å². The van der Waals surface area contributed by atoms with Crippen LogP contribution < -0.4 is 5.73 Å². The van der Waals surface area contributed by atoms with Crippen LogP contribution in [0.2, 0.25) is 0 Å². The zero-order valence-corrected chi connectivity index (χ0v) is 10.7. The van der Waals surface area contributed by atoms with Gasteiger partial charge in [-0.15, -0.1) is 0 Å². The smallest absolute Gasteiger partial charge is 0.0659 e. The number of piperidine rings is 1. The van der Waals surface area contributed by atoms with E-state index in [1.165, 1.54) is 45.4 Å². The fraction of sp³-hybridized carbons (Fsp3) is 1.00. The van der Waals surface area contributed by atoms with Crippen molar-refractivity contribution in [1.82, 2.24) is 9.80 Å². The molecule has 3 aliphatic heterocycles. The van der Waals surface area contributed by atoms with Crippen LogP contribution in [0.25, 0.3) is 0 Å². The summed E-state index contributed by atoms with van der Waals surface area (Å²) in [7, 11) is 0. The average molecular weight is 239 g/mol. The molecule has 2 unspecified atom stereocenters. The summed E-state index contributed by atoms with van der Waals surface area (Å²) in [6.07, 6.45) is 5.21.